The van der Waals surface area contributed by atoms with Gasteiger partial charge in [0.2, 0.25) is 10.0 Å². The van der Waals surface area contributed by atoms with Crippen LogP contribution in [0.4, 0.5) is 11.4 Å². The highest BCUT2D eigenvalue weighted by atomic mass is 32.2. The van der Waals surface area contributed by atoms with E-state index in [1.165, 1.54) is 4.31 Å². The molecule has 0 amide bonds. The lowest BCUT2D eigenvalue weighted by Gasteiger charge is -2.31. The minimum Gasteiger partial charge on any atom is -0.390 e. The van der Waals surface area contributed by atoms with Crippen LogP contribution in [0.1, 0.15) is 19.4 Å². The third kappa shape index (κ3) is 4.50. The fraction of sp³-hybridized carbons (Fsp3) is 0.400. The van der Waals surface area contributed by atoms with Crippen molar-refractivity contribution in [2.45, 2.75) is 37.3 Å². The Kier molecular flexibility index (Phi) is 5.86. The van der Waals surface area contributed by atoms with E-state index in [0.29, 0.717) is 18.7 Å². The molecular formula is C20H27N3O3S. The largest absolute Gasteiger partial charge is 0.390 e. The van der Waals surface area contributed by atoms with Gasteiger partial charge in [-0.2, -0.15) is 4.31 Å². The summed E-state index contributed by atoms with van der Waals surface area (Å²) in [6.07, 6.45) is -0.476. The molecule has 27 heavy (non-hydrogen) atoms. The summed E-state index contributed by atoms with van der Waals surface area (Å²) in [5.41, 5.74) is 8.69. The molecule has 146 valence electrons. The molecule has 2 aromatic carbocycles. The molecule has 0 aromatic heterocycles. The fourth-order valence-corrected chi connectivity index (χ4v) is 4.94. The van der Waals surface area contributed by atoms with Gasteiger partial charge in [0.1, 0.15) is 4.90 Å². The first kappa shape index (κ1) is 19.8. The number of sulfonamides is 1. The van der Waals surface area contributed by atoms with Gasteiger partial charge in [-0.3, -0.25) is 0 Å². The van der Waals surface area contributed by atoms with Gasteiger partial charge < -0.3 is 16.2 Å². The number of rotatable bonds is 9. The first-order valence-corrected chi connectivity index (χ1v) is 10.6. The highest BCUT2D eigenvalue weighted by Crippen LogP contribution is 2.37. The lowest BCUT2D eigenvalue weighted by molar-refractivity contribution is 0.116. The normalized spacial score (nSPS) is 15.3. The zero-order chi connectivity index (χ0) is 19.6. The number of fused-ring (bicyclic) bond motifs is 2. The van der Waals surface area contributed by atoms with Crippen molar-refractivity contribution in [1.29, 1.82) is 0 Å². The van der Waals surface area contributed by atoms with E-state index in [0.717, 1.165) is 11.3 Å². The predicted molar refractivity (Wildman–Crippen MR) is 107 cm³/mol. The zero-order valence-corrected chi connectivity index (χ0v) is 16.5. The van der Waals surface area contributed by atoms with Crippen LogP contribution >= 0.6 is 0 Å². The van der Waals surface area contributed by atoms with E-state index in [-0.39, 0.29) is 17.4 Å². The minimum atomic E-state index is -3.73. The van der Waals surface area contributed by atoms with Gasteiger partial charge in [-0.05, 0) is 36.1 Å². The van der Waals surface area contributed by atoms with Gasteiger partial charge in [-0.15, -0.1) is 0 Å². The smallest absolute Gasteiger partial charge is 0.245 e. The number of hydrogen-bond donors (Lipinski definition) is 3. The van der Waals surface area contributed by atoms with Gasteiger partial charge in [0.25, 0.3) is 0 Å². The molecule has 2 aliphatic rings. The van der Waals surface area contributed by atoms with Crippen LogP contribution in [0.15, 0.2) is 53.4 Å². The van der Waals surface area contributed by atoms with Crippen LogP contribution in [0.25, 0.3) is 0 Å². The van der Waals surface area contributed by atoms with Crippen LogP contribution in [0.5, 0.6) is 0 Å². The predicted octanol–water partition coefficient (Wildman–Crippen LogP) is 2.32. The van der Waals surface area contributed by atoms with E-state index < -0.39 is 22.2 Å². The average Bonchev–Trinajstić information content (AvgIpc) is 2.61. The lowest BCUT2D eigenvalue weighted by atomic mass is 10.0. The molecule has 2 heterocycles. The second-order valence-electron chi connectivity index (χ2n) is 7.47. The quantitative estimate of drug-likeness (QED) is 0.522. The zero-order valence-electron chi connectivity index (χ0n) is 15.7. The van der Waals surface area contributed by atoms with E-state index in [4.69, 9.17) is 5.73 Å². The molecule has 0 spiro atoms. The van der Waals surface area contributed by atoms with E-state index in [9.17, 15) is 13.5 Å². The summed E-state index contributed by atoms with van der Waals surface area (Å²) in [5, 5.41) is 13.6. The van der Waals surface area contributed by atoms with Crippen molar-refractivity contribution in [1.82, 2.24) is 4.31 Å². The Morgan fingerprint density at radius 1 is 1.11 bits per heavy atom. The molecule has 4 N–H and O–H groups in total. The molecule has 0 saturated heterocycles. The van der Waals surface area contributed by atoms with Crippen molar-refractivity contribution in [3.8, 4) is 0 Å². The van der Waals surface area contributed by atoms with Gasteiger partial charge in [0.05, 0.1) is 11.8 Å². The Bertz CT molecular complexity index is 881. The standard InChI is InChI=1S/C20H27N3O3S/c1-14(2)12-23(27(25,26)20-9-8-16-11-18(20)22-16)13-19(24)17(21)10-15-6-4-3-5-7-15/h3-9,11,14,17,19,22,24H,10,12-13,21H2,1-2H3/t17-,19+/m0/s1. The van der Waals surface area contributed by atoms with Gasteiger partial charge in [-0.1, -0.05) is 44.2 Å². The molecular weight excluding hydrogens is 362 g/mol. The third-order valence-corrected chi connectivity index (χ3v) is 6.53. The molecule has 7 heteroatoms. The molecule has 0 aliphatic carbocycles. The third-order valence-electron chi connectivity index (χ3n) is 4.64. The second-order valence-corrected chi connectivity index (χ2v) is 9.38. The van der Waals surface area contributed by atoms with Crippen molar-refractivity contribution in [3.05, 3.63) is 54.1 Å². The number of aliphatic hydroxyl groups excluding tert-OH is 1. The van der Waals surface area contributed by atoms with Crippen molar-refractivity contribution in [2.75, 3.05) is 18.4 Å². The summed E-state index contributed by atoms with van der Waals surface area (Å²) in [5.74, 6) is 0.121. The summed E-state index contributed by atoms with van der Waals surface area (Å²) >= 11 is 0. The number of hydrogen-bond acceptors (Lipinski definition) is 5. The first-order valence-electron chi connectivity index (χ1n) is 9.16. The highest BCUT2D eigenvalue weighted by molar-refractivity contribution is 7.89. The van der Waals surface area contributed by atoms with Crippen LogP contribution in [-0.2, 0) is 16.4 Å². The number of nitrogens with one attached hydrogen (secondary N) is 1. The number of nitrogens with zero attached hydrogens (tertiary/aromatic N) is 1. The number of aliphatic hydroxyl groups is 1. The van der Waals surface area contributed by atoms with Crippen molar-refractivity contribution in [2.24, 2.45) is 11.7 Å². The van der Waals surface area contributed by atoms with Gasteiger partial charge in [0.15, 0.2) is 0 Å². The van der Waals surface area contributed by atoms with Crippen LogP contribution in [0, 0.1) is 5.92 Å². The maximum atomic E-state index is 13.2. The van der Waals surface area contributed by atoms with Crippen LogP contribution in [0.2, 0.25) is 0 Å². The Morgan fingerprint density at radius 2 is 1.78 bits per heavy atom. The van der Waals surface area contributed by atoms with E-state index in [1.54, 1.807) is 18.2 Å². The maximum absolute atomic E-state index is 13.2. The van der Waals surface area contributed by atoms with E-state index in [1.807, 2.05) is 44.2 Å². The van der Waals surface area contributed by atoms with E-state index in [2.05, 4.69) is 5.32 Å². The van der Waals surface area contributed by atoms with Gasteiger partial charge >= 0.3 is 0 Å². The second kappa shape index (κ2) is 7.98. The van der Waals surface area contributed by atoms with Gasteiger partial charge in [-0.25, -0.2) is 8.42 Å². The molecule has 6 nitrogen and oxygen atoms in total. The Labute approximate surface area is 161 Å². The maximum Gasteiger partial charge on any atom is 0.245 e. The fourth-order valence-electron chi connectivity index (χ4n) is 3.19. The molecule has 0 unspecified atom stereocenters. The van der Waals surface area contributed by atoms with Gasteiger partial charge in [0, 0.05) is 24.8 Å². The summed E-state index contributed by atoms with van der Waals surface area (Å²) in [4.78, 5) is 0.238. The summed E-state index contributed by atoms with van der Waals surface area (Å²) in [7, 11) is -3.73. The minimum absolute atomic E-state index is 0.0320. The van der Waals surface area contributed by atoms with E-state index >= 15 is 0 Å². The molecule has 2 aliphatic heterocycles. The topological polar surface area (TPSA) is 95.7 Å². The molecule has 2 aromatic rings. The van der Waals surface area contributed by atoms with Crippen LogP contribution in [0.3, 0.4) is 0 Å². The van der Waals surface area contributed by atoms with Crippen molar-refractivity contribution < 1.29 is 13.5 Å². The first-order chi connectivity index (χ1) is 12.8. The SMILES string of the molecule is CC(C)CN(C[C@@H](O)[C@@H](N)Cc1ccccc1)S(=O)(=O)c1ccc2cc1N2. The Balaban J connectivity index is 1.76. The molecule has 2 atom stereocenters. The van der Waals surface area contributed by atoms with Crippen LogP contribution in [-0.4, -0.2) is 43.1 Å². The number of benzene rings is 2. The average molecular weight is 390 g/mol. The molecule has 0 saturated carbocycles. The number of anilines is 2. The summed E-state index contributed by atoms with van der Waals surface area (Å²) in [6.45, 7) is 4.19. The highest BCUT2D eigenvalue weighted by Gasteiger charge is 2.32. The molecule has 4 rings (SSSR count). The Morgan fingerprint density at radius 3 is 2.33 bits per heavy atom. The molecule has 2 bridgehead atoms. The van der Waals surface area contributed by atoms with Crippen molar-refractivity contribution >= 4 is 21.4 Å². The monoisotopic (exact) mass is 389 g/mol. The van der Waals surface area contributed by atoms with Crippen molar-refractivity contribution in [3.63, 3.8) is 0 Å². The Hall–Kier alpha value is -1.93. The number of nitrogens with two attached hydrogens (primary N) is 1. The summed E-state index contributed by atoms with van der Waals surface area (Å²) < 4.78 is 27.7. The van der Waals surface area contributed by atoms with Crippen LogP contribution < -0.4 is 11.1 Å². The summed E-state index contributed by atoms with van der Waals surface area (Å²) in [6, 6.07) is 14.2. The molecule has 0 fully saturated rings. The lowest BCUT2D eigenvalue weighted by Crippen LogP contribution is -2.47. The molecule has 0 radical (unpaired) electrons.